The van der Waals surface area contributed by atoms with Gasteiger partial charge in [-0.25, -0.2) is 9.13 Å². The number of carbonyl (C=O) groups excluding carboxylic acids is 4. The van der Waals surface area contributed by atoms with Crippen LogP contribution >= 0.6 is 15.6 Å². The molecule has 0 fully saturated rings. The van der Waals surface area contributed by atoms with Gasteiger partial charge in [0.15, 0.2) is 12.2 Å². The van der Waals surface area contributed by atoms with Crippen molar-refractivity contribution >= 4 is 39.5 Å². The molecule has 6 atom stereocenters. The van der Waals surface area contributed by atoms with E-state index in [-0.39, 0.29) is 25.7 Å². The third-order valence-corrected chi connectivity index (χ3v) is 21.5. The van der Waals surface area contributed by atoms with Crippen molar-refractivity contribution in [3.8, 4) is 0 Å². The molecule has 3 unspecified atom stereocenters. The molecule has 0 aliphatic heterocycles. The largest absolute Gasteiger partial charge is 0.472 e. The maximum Gasteiger partial charge on any atom is 0.472 e. The second-order valence-corrected chi connectivity index (χ2v) is 32.7. The van der Waals surface area contributed by atoms with Crippen molar-refractivity contribution in [1.82, 2.24) is 0 Å². The molecule has 17 nitrogen and oxygen atoms in total. The fraction of sp³-hybridized carbons (Fsp3) is 0.951. The van der Waals surface area contributed by atoms with Crippen LogP contribution in [-0.4, -0.2) is 96.7 Å². The zero-order chi connectivity index (χ0) is 74.1. The molecule has 101 heavy (non-hydrogen) atoms. The molecule has 0 aromatic carbocycles. The molecule has 3 N–H and O–H groups in total. The summed E-state index contributed by atoms with van der Waals surface area (Å²) in [6.45, 7) is 7.35. The van der Waals surface area contributed by atoms with Crippen LogP contribution in [0.15, 0.2) is 0 Å². The van der Waals surface area contributed by atoms with Crippen LogP contribution in [0.2, 0.25) is 0 Å². The van der Waals surface area contributed by atoms with Crippen molar-refractivity contribution in [2.24, 2.45) is 5.92 Å². The lowest BCUT2D eigenvalue weighted by atomic mass is 9.99. The molecular weight excluding hydrogens is 1320 g/mol. The van der Waals surface area contributed by atoms with E-state index in [0.717, 1.165) is 95.8 Å². The van der Waals surface area contributed by atoms with Gasteiger partial charge in [0.05, 0.1) is 26.4 Å². The smallest absolute Gasteiger partial charge is 0.462 e. The Kier molecular flexibility index (Phi) is 73.5. The van der Waals surface area contributed by atoms with E-state index in [4.69, 9.17) is 37.0 Å². The lowest BCUT2D eigenvalue weighted by molar-refractivity contribution is -0.161. The number of aliphatic hydroxyl groups excluding tert-OH is 1. The summed E-state index contributed by atoms with van der Waals surface area (Å²) in [7, 11) is -9.92. The quantitative estimate of drug-likeness (QED) is 0.0222. The van der Waals surface area contributed by atoms with E-state index in [0.29, 0.717) is 25.7 Å². The Morgan fingerprint density at radius 1 is 0.277 bits per heavy atom. The molecule has 0 heterocycles. The minimum Gasteiger partial charge on any atom is -0.462 e. The maximum absolute atomic E-state index is 13.1. The number of carbonyl (C=O) groups is 4. The van der Waals surface area contributed by atoms with E-state index in [1.54, 1.807) is 0 Å². The summed E-state index contributed by atoms with van der Waals surface area (Å²) in [5.41, 5.74) is 0. The summed E-state index contributed by atoms with van der Waals surface area (Å²) in [5, 5.41) is 10.7. The zero-order valence-electron chi connectivity index (χ0n) is 66.1. The molecule has 0 radical (unpaired) electrons. The lowest BCUT2D eigenvalue weighted by Gasteiger charge is -2.21. The Morgan fingerprint density at radius 3 is 0.703 bits per heavy atom. The SMILES string of the molecule is CCCCCCCCCCCCCCCCCCCCC(=O)OC[C@H](COP(=O)(O)OC[C@@H](O)COP(=O)(O)OC[C@@H](COC(=O)CCCCCCCCCCC(C)CC)OC(=O)CCCCCCCCCCCCCCC)OC(=O)CCCCCCCCCCCCCCCCCCCC. The van der Waals surface area contributed by atoms with Gasteiger partial charge >= 0.3 is 39.5 Å². The Hall–Kier alpha value is -1.94. The Morgan fingerprint density at radius 2 is 0.475 bits per heavy atom. The number of rotatable bonds is 82. The van der Waals surface area contributed by atoms with Gasteiger partial charge in [0, 0.05) is 25.7 Å². The van der Waals surface area contributed by atoms with Crippen molar-refractivity contribution in [2.75, 3.05) is 39.6 Å². The average Bonchev–Trinajstić information content (AvgIpc) is 1.09. The van der Waals surface area contributed by atoms with Gasteiger partial charge in [-0.05, 0) is 31.6 Å². The topological polar surface area (TPSA) is 237 Å². The number of esters is 4. The molecule has 19 heteroatoms. The van der Waals surface area contributed by atoms with Crippen LogP contribution in [0.4, 0.5) is 0 Å². The first-order valence-electron chi connectivity index (χ1n) is 42.7. The number of aliphatic hydroxyl groups is 1. The second-order valence-electron chi connectivity index (χ2n) is 29.8. The van der Waals surface area contributed by atoms with E-state index < -0.39 is 97.5 Å². The van der Waals surface area contributed by atoms with Crippen LogP contribution < -0.4 is 0 Å². The number of phosphoric ester groups is 2. The second kappa shape index (κ2) is 74.9. The van der Waals surface area contributed by atoms with Crippen molar-refractivity contribution in [3.05, 3.63) is 0 Å². The van der Waals surface area contributed by atoms with Gasteiger partial charge in [-0.1, -0.05) is 388 Å². The van der Waals surface area contributed by atoms with Gasteiger partial charge < -0.3 is 33.8 Å². The fourth-order valence-electron chi connectivity index (χ4n) is 12.7. The number of hydrogen-bond donors (Lipinski definition) is 3. The van der Waals surface area contributed by atoms with E-state index in [2.05, 4.69) is 34.6 Å². The number of ether oxygens (including phenoxy) is 4. The molecule has 0 aliphatic rings. The van der Waals surface area contributed by atoms with E-state index >= 15 is 0 Å². The maximum atomic E-state index is 13.1. The van der Waals surface area contributed by atoms with E-state index in [1.807, 2.05) is 0 Å². The summed E-state index contributed by atoms with van der Waals surface area (Å²) in [6, 6.07) is 0. The van der Waals surface area contributed by atoms with Crippen molar-refractivity contribution in [3.63, 3.8) is 0 Å². The molecule has 0 saturated carbocycles. The number of unbranched alkanes of at least 4 members (excludes halogenated alkanes) is 53. The Bertz CT molecular complexity index is 1930. The molecule has 0 amide bonds. The van der Waals surface area contributed by atoms with Gasteiger partial charge in [-0.15, -0.1) is 0 Å². The van der Waals surface area contributed by atoms with Crippen molar-refractivity contribution < 1.29 is 80.2 Å². The standard InChI is InChI=1S/C82H160O17P2/c1-6-10-13-16-19-22-25-28-30-32-34-36-39-41-44-50-55-60-65-79(84)92-71-77(98-82(87)68-63-58-53-46-43-40-37-35-33-31-29-26-23-20-17-14-11-7-2)73-96-100(88,89)94-69-76(83)70-95-101(90,91)97-74-78(72-93-80(85)66-61-56-51-48-47-49-54-59-64-75(5)9-4)99-81(86)67-62-57-52-45-42-38-27-24-21-18-15-12-8-3/h75-78,83H,6-74H2,1-5H3,(H,88,89)(H,90,91)/t75?,76-,77-,78-/m1/s1. The lowest BCUT2D eigenvalue weighted by Crippen LogP contribution is -2.30. The Balaban J connectivity index is 5.25. The summed E-state index contributed by atoms with van der Waals surface area (Å²) in [4.78, 5) is 73.1. The molecule has 0 spiro atoms. The molecule has 0 aromatic rings. The number of phosphoric acid groups is 2. The predicted molar refractivity (Wildman–Crippen MR) is 414 cm³/mol. The first-order chi connectivity index (χ1) is 49.1. The highest BCUT2D eigenvalue weighted by Gasteiger charge is 2.30. The van der Waals surface area contributed by atoms with Crippen molar-refractivity contribution in [1.29, 1.82) is 0 Å². The fourth-order valence-corrected chi connectivity index (χ4v) is 14.3. The number of hydrogen-bond acceptors (Lipinski definition) is 15. The van der Waals surface area contributed by atoms with Gasteiger partial charge in [0.1, 0.15) is 19.3 Å². The summed E-state index contributed by atoms with van der Waals surface area (Å²) in [5.74, 6) is -1.33. The van der Waals surface area contributed by atoms with Gasteiger partial charge in [0.2, 0.25) is 0 Å². The van der Waals surface area contributed by atoms with Crippen LogP contribution in [0, 0.1) is 5.92 Å². The van der Waals surface area contributed by atoms with Gasteiger partial charge in [-0.3, -0.25) is 37.3 Å². The molecule has 0 rings (SSSR count). The van der Waals surface area contributed by atoms with Crippen LogP contribution in [0.5, 0.6) is 0 Å². The highest BCUT2D eigenvalue weighted by Crippen LogP contribution is 2.45. The van der Waals surface area contributed by atoms with Crippen LogP contribution in [-0.2, 0) is 65.4 Å². The van der Waals surface area contributed by atoms with Crippen LogP contribution in [0.1, 0.15) is 439 Å². The molecule has 0 saturated heterocycles. The van der Waals surface area contributed by atoms with Crippen molar-refractivity contribution in [2.45, 2.75) is 457 Å². The normalized spacial score (nSPS) is 14.1. The minimum atomic E-state index is -4.96. The first kappa shape index (κ1) is 99.1. The van der Waals surface area contributed by atoms with E-state index in [1.165, 1.54) is 263 Å². The minimum absolute atomic E-state index is 0.108. The summed E-state index contributed by atoms with van der Waals surface area (Å²) < 4.78 is 68.8. The van der Waals surface area contributed by atoms with E-state index in [9.17, 15) is 43.2 Å². The molecule has 0 aromatic heterocycles. The monoisotopic (exact) mass is 1480 g/mol. The molecule has 600 valence electrons. The summed E-state index contributed by atoms with van der Waals surface area (Å²) in [6.07, 6.45) is 66.5. The Labute approximate surface area is 619 Å². The van der Waals surface area contributed by atoms with Gasteiger partial charge in [-0.2, -0.15) is 0 Å². The first-order valence-corrected chi connectivity index (χ1v) is 45.7. The third kappa shape index (κ3) is 74.7. The zero-order valence-corrected chi connectivity index (χ0v) is 67.8. The molecular formula is C82H160O17P2. The van der Waals surface area contributed by atoms with Gasteiger partial charge in [0.25, 0.3) is 0 Å². The van der Waals surface area contributed by atoms with Crippen LogP contribution in [0.3, 0.4) is 0 Å². The summed E-state index contributed by atoms with van der Waals surface area (Å²) >= 11 is 0. The highest BCUT2D eigenvalue weighted by molar-refractivity contribution is 7.47. The molecule has 0 bridgehead atoms. The highest BCUT2D eigenvalue weighted by atomic mass is 31.2. The predicted octanol–water partition coefficient (Wildman–Crippen LogP) is 24.8. The third-order valence-electron chi connectivity index (χ3n) is 19.6. The average molecular weight is 1480 g/mol. The van der Waals surface area contributed by atoms with Crippen LogP contribution in [0.25, 0.3) is 0 Å². The molecule has 0 aliphatic carbocycles.